The quantitative estimate of drug-likeness (QED) is 0.494. The lowest BCUT2D eigenvalue weighted by Crippen LogP contribution is -2.43. The van der Waals surface area contributed by atoms with Crippen LogP contribution in [0.2, 0.25) is 0 Å². The first-order valence-corrected chi connectivity index (χ1v) is 7.45. The number of nitrogens with zero attached hydrogens (tertiary/aromatic N) is 1. The van der Waals surface area contributed by atoms with Gasteiger partial charge in [0.25, 0.3) is 0 Å². The number of benzene rings is 1. The van der Waals surface area contributed by atoms with Gasteiger partial charge in [-0.05, 0) is 57.7 Å². The van der Waals surface area contributed by atoms with Gasteiger partial charge in [0.2, 0.25) is 5.78 Å². The van der Waals surface area contributed by atoms with E-state index in [4.69, 9.17) is 0 Å². The van der Waals surface area contributed by atoms with Crippen molar-refractivity contribution in [3.05, 3.63) is 41.4 Å². The summed E-state index contributed by atoms with van der Waals surface area (Å²) in [4.78, 5) is 25.1. The molecular formula is C17H22FN3O2. The number of halogens is 1. The molecule has 0 aromatic heterocycles. The standard InChI is InChI=1S/C17H22FN3O2/c1-11(19-20-13-7-5-12(18)6-8-13)14-9-21(4)17(2,3)16(14)15(23)10-22/h5-8,10,16,19-20H,9H2,1-4H3. The van der Waals surface area contributed by atoms with Crippen molar-refractivity contribution in [2.24, 2.45) is 5.92 Å². The van der Waals surface area contributed by atoms with Gasteiger partial charge in [0.05, 0.1) is 11.6 Å². The van der Waals surface area contributed by atoms with Gasteiger partial charge in [-0.3, -0.25) is 14.5 Å². The lowest BCUT2D eigenvalue weighted by atomic mass is 9.82. The number of anilines is 1. The Morgan fingerprint density at radius 1 is 1.35 bits per heavy atom. The van der Waals surface area contributed by atoms with Gasteiger partial charge in [-0.2, -0.15) is 0 Å². The number of ketones is 1. The molecule has 5 nitrogen and oxygen atoms in total. The number of Topliss-reactive ketones (excluding diaryl/α,β-unsaturated/α-hetero) is 1. The molecular weight excluding hydrogens is 297 g/mol. The lowest BCUT2D eigenvalue weighted by molar-refractivity contribution is -0.133. The first-order chi connectivity index (χ1) is 10.8. The van der Waals surface area contributed by atoms with Gasteiger partial charge < -0.3 is 10.9 Å². The maximum atomic E-state index is 12.9. The Labute approximate surface area is 135 Å². The molecule has 124 valence electrons. The van der Waals surface area contributed by atoms with E-state index in [2.05, 4.69) is 15.8 Å². The van der Waals surface area contributed by atoms with Crippen LogP contribution in [0.25, 0.3) is 0 Å². The highest BCUT2D eigenvalue weighted by Gasteiger charge is 2.47. The van der Waals surface area contributed by atoms with Crippen molar-refractivity contribution in [2.75, 3.05) is 19.0 Å². The maximum absolute atomic E-state index is 12.9. The predicted molar refractivity (Wildman–Crippen MR) is 87.1 cm³/mol. The summed E-state index contributed by atoms with van der Waals surface area (Å²) in [5.74, 6) is -1.20. The average Bonchev–Trinajstić information content (AvgIpc) is 2.76. The Bertz CT molecular complexity index is 638. The Morgan fingerprint density at radius 3 is 2.52 bits per heavy atom. The van der Waals surface area contributed by atoms with E-state index in [-0.39, 0.29) is 5.82 Å². The molecule has 0 bridgehead atoms. The van der Waals surface area contributed by atoms with Gasteiger partial charge in [0.1, 0.15) is 5.82 Å². The minimum absolute atomic E-state index is 0.304. The number of carbonyl (C=O) groups is 2. The fourth-order valence-electron chi connectivity index (χ4n) is 2.90. The van der Waals surface area contributed by atoms with E-state index in [1.165, 1.54) is 12.1 Å². The molecule has 1 aromatic carbocycles. The van der Waals surface area contributed by atoms with Crippen LogP contribution >= 0.6 is 0 Å². The van der Waals surface area contributed by atoms with Crippen molar-refractivity contribution in [3.8, 4) is 0 Å². The van der Waals surface area contributed by atoms with Crippen LogP contribution in [0.3, 0.4) is 0 Å². The van der Waals surface area contributed by atoms with Crippen LogP contribution in [0.4, 0.5) is 10.1 Å². The molecule has 1 aromatic rings. The predicted octanol–water partition coefficient (Wildman–Crippen LogP) is 2.12. The van der Waals surface area contributed by atoms with E-state index in [1.807, 2.05) is 27.8 Å². The maximum Gasteiger partial charge on any atom is 0.204 e. The molecule has 6 heteroatoms. The molecule has 0 radical (unpaired) electrons. The minimum atomic E-state index is -0.479. The number of hydrazine groups is 1. The first-order valence-electron chi connectivity index (χ1n) is 7.45. The molecule has 1 saturated heterocycles. The van der Waals surface area contributed by atoms with Gasteiger partial charge in [-0.25, -0.2) is 4.39 Å². The zero-order chi connectivity index (χ0) is 17.2. The van der Waals surface area contributed by atoms with Crippen molar-refractivity contribution < 1.29 is 14.0 Å². The second-order valence-electron chi connectivity index (χ2n) is 6.37. The molecule has 23 heavy (non-hydrogen) atoms. The fraction of sp³-hybridized carbons (Fsp3) is 0.412. The van der Waals surface area contributed by atoms with Gasteiger partial charge in [0, 0.05) is 17.8 Å². The molecule has 1 aliphatic rings. The van der Waals surface area contributed by atoms with E-state index in [0.717, 1.165) is 11.3 Å². The number of nitrogens with one attached hydrogen (secondary N) is 2. The molecule has 1 unspecified atom stereocenters. The molecule has 1 atom stereocenters. The lowest BCUT2D eigenvalue weighted by Gasteiger charge is -2.31. The highest BCUT2D eigenvalue weighted by molar-refractivity contribution is 6.27. The fourth-order valence-corrected chi connectivity index (χ4v) is 2.90. The molecule has 0 aliphatic carbocycles. The molecule has 2 N–H and O–H groups in total. The molecule has 0 spiro atoms. The van der Waals surface area contributed by atoms with E-state index >= 15 is 0 Å². The van der Waals surface area contributed by atoms with Crippen LogP contribution in [0.1, 0.15) is 20.8 Å². The van der Waals surface area contributed by atoms with E-state index in [0.29, 0.717) is 18.5 Å². The number of hydrogen-bond acceptors (Lipinski definition) is 5. The third-order valence-corrected chi connectivity index (χ3v) is 4.57. The summed E-state index contributed by atoms with van der Waals surface area (Å²) in [5.41, 5.74) is 7.96. The van der Waals surface area contributed by atoms with Crippen molar-refractivity contribution in [1.29, 1.82) is 0 Å². The van der Waals surface area contributed by atoms with E-state index in [1.54, 1.807) is 12.1 Å². The second-order valence-corrected chi connectivity index (χ2v) is 6.37. The molecule has 1 aliphatic heterocycles. The number of carbonyl (C=O) groups excluding carboxylic acids is 2. The Balaban J connectivity index is 2.21. The van der Waals surface area contributed by atoms with Crippen molar-refractivity contribution in [3.63, 3.8) is 0 Å². The number of aldehydes is 1. The average molecular weight is 319 g/mol. The summed E-state index contributed by atoms with van der Waals surface area (Å²) < 4.78 is 12.9. The van der Waals surface area contributed by atoms with E-state index < -0.39 is 17.2 Å². The Hall–Kier alpha value is -2.21. The zero-order valence-corrected chi connectivity index (χ0v) is 13.8. The Morgan fingerprint density at radius 2 is 1.96 bits per heavy atom. The third-order valence-electron chi connectivity index (χ3n) is 4.57. The monoisotopic (exact) mass is 319 g/mol. The number of allylic oxidation sites excluding steroid dienone is 1. The SMILES string of the molecule is CC(NNc1ccc(F)cc1)=C1CN(C)C(C)(C)C1C(=O)C=O. The van der Waals surface area contributed by atoms with Gasteiger partial charge in [0.15, 0.2) is 6.29 Å². The summed E-state index contributed by atoms with van der Waals surface area (Å²) >= 11 is 0. The van der Waals surface area contributed by atoms with Gasteiger partial charge in [-0.15, -0.1) is 0 Å². The van der Waals surface area contributed by atoms with Crippen LogP contribution < -0.4 is 10.9 Å². The summed E-state index contributed by atoms with van der Waals surface area (Å²) in [6.07, 6.45) is 0.395. The largest absolute Gasteiger partial charge is 0.305 e. The molecule has 0 saturated carbocycles. The minimum Gasteiger partial charge on any atom is -0.305 e. The summed E-state index contributed by atoms with van der Waals surface area (Å²) in [6.45, 7) is 6.35. The number of hydrogen-bond donors (Lipinski definition) is 2. The topological polar surface area (TPSA) is 61.4 Å². The van der Waals surface area contributed by atoms with Crippen molar-refractivity contribution >= 4 is 17.8 Å². The van der Waals surface area contributed by atoms with Crippen molar-refractivity contribution in [1.82, 2.24) is 10.3 Å². The van der Waals surface area contributed by atoms with Crippen LogP contribution in [-0.4, -0.2) is 36.1 Å². The van der Waals surface area contributed by atoms with Gasteiger partial charge >= 0.3 is 0 Å². The molecule has 1 fully saturated rings. The Kier molecular flexibility index (Phi) is 4.85. The smallest absolute Gasteiger partial charge is 0.204 e. The number of likely N-dealkylation sites (tertiary alicyclic amines) is 1. The van der Waals surface area contributed by atoms with E-state index in [9.17, 15) is 14.0 Å². The summed E-state index contributed by atoms with van der Waals surface area (Å²) in [6, 6.07) is 5.94. The first kappa shape index (κ1) is 17.1. The second kappa shape index (κ2) is 6.50. The van der Waals surface area contributed by atoms with Crippen LogP contribution in [-0.2, 0) is 9.59 Å². The summed E-state index contributed by atoms with van der Waals surface area (Å²) in [7, 11) is 1.93. The van der Waals surface area contributed by atoms with Crippen LogP contribution in [0.5, 0.6) is 0 Å². The highest BCUT2D eigenvalue weighted by atomic mass is 19.1. The number of likely N-dealkylation sites (N-methyl/N-ethyl adjacent to an activating group) is 1. The van der Waals surface area contributed by atoms with Crippen LogP contribution in [0, 0.1) is 11.7 Å². The molecule has 1 heterocycles. The molecule has 0 amide bonds. The zero-order valence-electron chi connectivity index (χ0n) is 13.8. The molecule has 2 rings (SSSR count). The normalized spacial score (nSPS) is 22.6. The highest BCUT2D eigenvalue weighted by Crippen LogP contribution is 2.38. The summed E-state index contributed by atoms with van der Waals surface area (Å²) in [5, 5.41) is 0. The number of rotatable bonds is 5. The van der Waals surface area contributed by atoms with Crippen LogP contribution in [0.15, 0.2) is 35.5 Å². The van der Waals surface area contributed by atoms with Gasteiger partial charge in [-0.1, -0.05) is 0 Å². The van der Waals surface area contributed by atoms with Crippen molar-refractivity contribution in [2.45, 2.75) is 26.3 Å². The third kappa shape index (κ3) is 3.42.